The number of rotatable bonds is 5. The van der Waals surface area contributed by atoms with Gasteiger partial charge in [-0.2, -0.15) is 0 Å². The van der Waals surface area contributed by atoms with Gasteiger partial charge in [-0.15, -0.1) is 0 Å². The SMILES string of the molecule is CCOC(=O)N(C1CCC(N=C=O)CC1)C1CCC(N=C=O)CC1. The highest BCUT2D eigenvalue weighted by molar-refractivity contribution is 5.68. The number of nitrogens with zero attached hydrogens (tertiary/aromatic N) is 3. The van der Waals surface area contributed by atoms with Gasteiger partial charge in [0.15, 0.2) is 0 Å². The molecule has 2 aliphatic rings. The smallest absolute Gasteiger partial charge is 0.410 e. The van der Waals surface area contributed by atoms with Gasteiger partial charge in [-0.05, 0) is 58.3 Å². The van der Waals surface area contributed by atoms with E-state index in [4.69, 9.17) is 4.74 Å². The molecule has 24 heavy (non-hydrogen) atoms. The second kappa shape index (κ2) is 9.36. The lowest BCUT2D eigenvalue weighted by Gasteiger charge is -2.42. The number of carbonyl (C=O) groups is 1. The van der Waals surface area contributed by atoms with E-state index in [1.165, 1.54) is 0 Å². The maximum Gasteiger partial charge on any atom is 0.410 e. The zero-order chi connectivity index (χ0) is 17.4. The fourth-order valence-corrected chi connectivity index (χ4v) is 3.87. The third-order valence-electron chi connectivity index (χ3n) is 5.07. The summed E-state index contributed by atoms with van der Waals surface area (Å²) < 4.78 is 5.27. The van der Waals surface area contributed by atoms with Gasteiger partial charge < -0.3 is 9.64 Å². The molecule has 1 amide bonds. The molecule has 0 saturated heterocycles. The van der Waals surface area contributed by atoms with Crippen LogP contribution in [-0.4, -0.2) is 53.9 Å². The molecule has 2 aliphatic carbocycles. The molecule has 0 unspecified atom stereocenters. The highest BCUT2D eigenvalue weighted by Crippen LogP contribution is 2.32. The summed E-state index contributed by atoms with van der Waals surface area (Å²) in [4.78, 5) is 42.8. The minimum absolute atomic E-state index is 0.0282. The highest BCUT2D eigenvalue weighted by atomic mass is 16.6. The number of hydrogen-bond acceptors (Lipinski definition) is 6. The van der Waals surface area contributed by atoms with E-state index in [-0.39, 0.29) is 30.3 Å². The lowest BCUT2D eigenvalue weighted by Crippen LogP contribution is -2.50. The molecule has 7 nitrogen and oxygen atoms in total. The molecule has 132 valence electrons. The average Bonchev–Trinajstić information content (AvgIpc) is 2.59. The lowest BCUT2D eigenvalue weighted by molar-refractivity contribution is 0.0455. The minimum atomic E-state index is -0.262. The summed E-state index contributed by atoms with van der Waals surface area (Å²) in [5.41, 5.74) is 0. The fraction of sp³-hybridized carbons (Fsp3) is 0.824. The Kier molecular flexibility index (Phi) is 7.16. The number of amides is 1. The van der Waals surface area contributed by atoms with Gasteiger partial charge in [0, 0.05) is 12.1 Å². The number of hydrogen-bond donors (Lipinski definition) is 0. The molecule has 0 radical (unpaired) electrons. The molecular weight excluding hydrogens is 310 g/mol. The quantitative estimate of drug-likeness (QED) is 0.571. The lowest BCUT2D eigenvalue weighted by atomic mass is 9.86. The molecule has 7 heteroatoms. The third kappa shape index (κ3) is 4.76. The Bertz CT molecular complexity index is 472. The molecule has 0 spiro atoms. The van der Waals surface area contributed by atoms with Crippen molar-refractivity contribution in [3.63, 3.8) is 0 Å². The van der Waals surface area contributed by atoms with E-state index in [0.29, 0.717) is 6.61 Å². The number of isocyanates is 2. The van der Waals surface area contributed by atoms with Gasteiger partial charge >= 0.3 is 6.09 Å². The molecule has 0 aliphatic heterocycles. The van der Waals surface area contributed by atoms with Crippen LogP contribution in [0.25, 0.3) is 0 Å². The van der Waals surface area contributed by atoms with E-state index in [2.05, 4.69) is 9.98 Å². The predicted octanol–water partition coefficient (Wildman–Crippen LogP) is 2.74. The first-order valence-electron chi connectivity index (χ1n) is 8.78. The molecule has 0 atom stereocenters. The summed E-state index contributed by atoms with van der Waals surface area (Å²) in [6.07, 6.45) is 9.45. The molecule has 0 aromatic rings. The summed E-state index contributed by atoms with van der Waals surface area (Å²) >= 11 is 0. The first-order valence-corrected chi connectivity index (χ1v) is 8.78. The maximum atomic E-state index is 12.5. The van der Waals surface area contributed by atoms with Crippen LogP contribution in [0.2, 0.25) is 0 Å². The Hall–Kier alpha value is -1.97. The zero-order valence-corrected chi connectivity index (χ0v) is 14.1. The van der Waals surface area contributed by atoms with Gasteiger partial charge in [0.2, 0.25) is 12.2 Å². The summed E-state index contributed by atoms with van der Waals surface area (Å²) in [6.45, 7) is 2.16. The zero-order valence-electron chi connectivity index (χ0n) is 14.1. The molecule has 0 heterocycles. The molecular formula is C17H25N3O4. The van der Waals surface area contributed by atoms with E-state index in [1.807, 2.05) is 11.8 Å². The van der Waals surface area contributed by atoms with Crippen LogP contribution in [-0.2, 0) is 14.3 Å². The van der Waals surface area contributed by atoms with Crippen molar-refractivity contribution in [1.29, 1.82) is 0 Å². The summed E-state index contributed by atoms with van der Waals surface area (Å²) in [5, 5.41) is 0. The van der Waals surface area contributed by atoms with E-state index in [1.54, 1.807) is 12.2 Å². The van der Waals surface area contributed by atoms with Gasteiger partial charge in [0.25, 0.3) is 0 Å². The minimum Gasteiger partial charge on any atom is -0.450 e. The van der Waals surface area contributed by atoms with Crippen molar-refractivity contribution in [3.05, 3.63) is 0 Å². The van der Waals surface area contributed by atoms with Gasteiger partial charge in [-0.25, -0.2) is 24.4 Å². The van der Waals surface area contributed by atoms with Gasteiger partial charge in [0.05, 0.1) is 18.7 Å². The van der Waals surface area contributed by atoms with Crippen LogP contribution in [0.15, 0.2) is 9.98 Å². The second-order valence-corrected chi connectivity index (χ2v) is 6.47. The van der Waals surface area contributed by atoms with E-state index in [9.17, 15) is 14.4 Å². The second-order valence-electron chi connectivity index (χ2n) is 6.47. The Morgan fingerprint density at radius 1 is 0.917 bits per heavy atom. The molecule has 2 fully saturated rings. The number of aliphatic imine (C=N–C) groups is 2. The van der Waals surface area contributed by atoms with E-state index in [0.717, 1.165) is 51.4 Å². The van der Waals surface area contributed by atoms with Gasteiger partial charge in [-0.1, -0.05) is 0 Å². The van der Waals surface area contributed by atoms with Crippen molar-refractivity contribution >= 4 is 18.3 Å². The molecule has 0 aromatic heterocycles. The summed E-state index contributed by atoms with van der Waals surface area (Å²) in [5.74, 6) is 0. The fourth-order valence-electron chi connectivity index (χ4n) is 3.87. The molecule has 0 N–H and O–H groups in total. The molecule has 2 saturated carbocycles. The van der Waals surface area contributed by atoms with E-state index < -0.39 is 0 Å². The number of ether oxygens (including phenoxy) is 1. The van der Waals surface area contributed by atoms with Gasteiger partial charge in [-0.3, -0.25) is 0 Å². The maximum absolute atomic E-state index is 12.5. The third-order valence-corrected chi connectivity index (χ3v) is 5.07. The normalized spacial score (nSPS) is 29.7. The first-order chi connectivity index (χ1) is 11.7. The topological polar surface area (TPSA) is 88.4 Å². The predicted molar refractivity (Wildman–Crippen MR) is 87.2 cm³/mol. The Morgan fingerprint density at radius 2 is 1.33 bits per heavy atom. The summed E-state index contributed by atoms with van der Waals surface area (Å²) in [7, 11) is 0. The van der Waals surface area contributed by atoms with Crippen LogP contribution in [0, 0.1) is 0 Å². The summed E-state index contributed by atoms with van der Waals surface area (Å²) in [6, 6.07) is 0.303. The molecule has 0 aromatic carbocycles. The Labute approximate surface area is 142 Å². The van der Waals surface area contributed by atoms with Crippen molar-refractivity contribution in [2.24, 2.45) is 9.98 Å². The monoisotopic (exact) mass is 335 g/mol. The molecule has 2 rings (SSSR count). The Morgan fingerprint density at radius 3 is 1.67 bits per heavy atom. The van der Waals surface area contributed by atoms with Crippen molar-refractivity contribution in [2.75, 3.05) is 6.61 Å². The van der Waals surface area contributed by atoms with E-state index >= 15 is 0 Å². The van der Waals surface area contributed by atoms with Crippen LogP contribution in [0.1, 0.15) is 58.3 Å². The van der Waals surface area contributed by atoms with Crippen LogP contribution < -0.4 is 0 Å². The highest BCUT2D eigenvalue weighted by Gasteiger charge is 2.36. The van der Waals surface area contributed by atoms with Crippen LogP contribution in [0.3, 0.4) is 0 Å². The van der Waals surface area contributed by atoms with Crippen LogP contribution in [0.5, 0.6) is 0 Å². The average molecular weight is 335 g/mol. The van der Waals surface area contributed by atoms with Crippen molar-refractivity contribution in [1.82, 2.24) is 4.90 Å². The largest absolute Gasteiger partial charge is 0.450 e. The van der Waals surface area contributed by atoms with Crippen LogP contribution in [0.4, 0.5) is 4.79 Å². The van der Waals surface area contributed by atoms with Crippen molar-refractivity contribution in [2.45, 2.75) is 82.5 Å². The standard InChI is InChI=1S/C17H25N3O4/c1-2-24-17(23)20(15-7-3-13(4-8-15)18-11-21)16-9-5-14(6-10-16)19-12-22/h13-16H,2-10H2,1H3. The first kappa shape index (κ1) is 18.4. The van der Waals surface area contributed by atoms with Crippen molar-refractivity contribution in [3.8, 4) is 0 Å². The van der Waals surface area contributed by atoms with Crippen LogP contribution >= 0.6 is 0 Å². The number of carbonyl (C=O) groups excluding carboxylic acids is 3. The van der Waals surface area contributed by atoms with Crippen molar-refractivity contribution < 1.29 is 19.1 Å². The Balaban J connectivity index is 2.02. The molecule has 0 bridgehead atoms. The van der Waals surface area contributed by atoms with Gasteiger partial charge in [0.1, 0.15) is 0 Å².